The number of aliphatic imine (C=N–C) groups is 2. The van der Waals surface area contributed by atoms with Crippen molar-refractivity contribution in [3.05, 3.63) is 147 Å². The van der Waals surface area contributed by atoms with Crippen LogP contribution in [0.1, 0.15) is 22.3 Å². The van der Waals surface area contributed by atoms with E-state index in [4.69, 9.17) is 15.3 Å². The molecule has 0 saturated carbocycles. The van der Waals surface area contributed by atoms with E-state index in [0.29, 0.717) is 17.5 Å². The summed E-state index contributed by atoms with van der Waals surface area (Å²) in [5.41, 5.74) is 4.34. The number of pyridine rings is 1. The molecule has 1 aliphatic rings. The molecule has 3 aromatic carbocycles. The highest BCUT2D eigenvalue weighted by Crippen LogP contribution is 2.23. The predicted octanol–water partition coefficient (Wildman–Crippen LogP) is 4.86. The van der Waals surface area contributed by atoms with Gasteiger partial charge in [0, 0.05) is 34.8 Å². The molecule has 4 aromatic rings. The molecule has 0 saturated heterocycles. The van der Waals surface area contributed by atoms with E-state index < -0.39 is 0 Å². The molecule has 5 rings (SSSR count). The maximum absolute atomic E-state index is 4.83. The summed E-state index contributed by atoms with van der Waals surface area (Å²) in [5.74, 6) is 1.98. The minimum absolute atomic E-state index is 0.651. The summed E-state index contributed by atoms with van der Waals surface area (Å²) in [6, 6.07) is 30.8. The molecule has 160 valence electrons. The number of amidine groups is 2. The first-order valence-electron chi connectivity index (χ1n) is 10.9. The Morgan fingerprint density at radius 3 is 1.91 bits per heavy atom. The molecule has 0 amide bonds. The first kappa shape index (κ1) is 20.6. The average molecular weight is 429 g/mol. The van der Waals surface area contributed by atoms with Gasteiger partial charge in [0.25, 0.3) is 0 Å². The summed E-state index contributed by atoms with van der Waals surface area (Å²) in [6.45, 7) is 8.21. The number of aryl methyl sites for hydroxylation is 2. The third-order valence-electron chi connectivity index (χ3n) is 5.63. The lowest BCUT2D eigenvalue weighted by molar-refractivity contribution is -0.510. The van der Waals surface area contributed by atoms with Gasteiger partial charge < -0.3 is 15.3 Å². The van der Waals surface area contributed by atoms with Gasteiger partial charge in [-0.2, -0.15) is 4.24 Å². The molecule has 0 bridgehead atoms. The molecule has 33 heavy (non-hydrogen) atoms. The molecule has 2 heterocycles. The quantitative estimate of drug-likeness (QED) is 0.409. The average Bonchev–Trinajstić information content (AvgIpc) is 2.85. The van der Waals surface area contributed by atoms with Crippen LogP contribution in [0, 0.1) is 31.1 Å². The number of rotatable bonds is 2. The van der Waals surface area contributed by atoms with E-state index in [2.05, 4.69) is 99.4 Å². The van der Waals surface area contributed by atoms with Crippen LogP contribution in [0.2, 0.25) is 0 Å². The van der Waals surface area contributed by atoms with Gasteiger partial charge in [0.2, 0.25) is 5.35 Å². The molecule has 1 aliphatic heterocycles. The van der Waals surface area contributed by atoms with Gasteiger partial charge in [0.15, 0.2) is 6.20 Å². The highest BCUT2D eigenvalue weighted by molar-refractivity contribution is 6.23. The molecule has 4 heteroatoms. The van der Waals surface area contributed by atoms with E-state index in [9.17, 15) is 0 Å². The fraction of sp³-hybridized carbons (Fsp3) is 0.0690. The Bertz CT molecular complexity index is 1570. The lowest BCUT2D eigenvalue weighted by Crippen LogP contribution is -2.16. The summed E-state index contributed by atoms with van der Waals surface area (Å²) in [4.78, 5) is 9.63. The van der Waals surface area contributed by atoms with Gasteiger partial charge in [0.05, 0.1) is 0 Å². The van der Waals surface area contributed by atoms with Crippen molar-refractivity contribution in [2.75, 3.05) is 0 Å². The van der Waals surface area contributed by atoms with Crippen molar-refractivity contribution >= 4 is 17.5 Å². The highest BCUT2D eigenvalue weighted by atomic mass is 15.2. The van der Waals surface area contributed by atoms with Gasteiger partial charge in [-0.05, 0) is 48.4 Å². The van der Waals surface area contributed by atoms with Crippen molar-refractivity contribution in [2.45, 2.75) is 13.8 Å². The van der Waals surface area contributed by atoms with E-state index in [1.807, 2.05) is 22.6 Å². The van der Waals surface area contributed by atoms with Crippen LogP contribution in [-0.4, -0.2) is 11.7 Å². The normalized spacial score (nSPS) is 13.2. The Balaban J connectivity index is 1.67. The Hall–Kier alpha value is -4.31. The van der Waals surface area contributed by atoms with Crippen LogP contribution in [0.15, 0.2) is 107 Å². The fourth-order valence-electron chi connectivity index (χ4n) is 3.70. The van der Waals surface area contributed by atoms with Crippen molar-refractivity contribution in [1.82, 2.24) is 0 Å². The van der Waals surface area contributed by atoms with E-state index in [1.165, 1.54) is 11.1 Å². The molecule has 0 unspecified atom stereocenters. The third kappa shape index (κ3) is 4.37. The topological polar surface area (TPSA) is 44.7 Å². The molecule has 0 aliphatic carbocycles. The molecule has 1 aromatic heterocycles. The monoisotopic (exact) mass is 428 g/mol. The van der Waals surface area contributed by atoms with Crippen LogP contribution in [0.3, 0.4) is 0 Å². The molecule has 0 N–H and O–H groups in total. The zero-order chi connectivity index (χ0) is 22.8. The summed E-state index contributed by atoms with van der Waals surface area (Å²) >= 11 is 0. The van der Waals surface area contributed by atoms with Gasteiger partial charge in [-0.25, -0.2) is 0 Å². The number of hydrogen-bond donors (Lipinski definition) is 0. The second-order valence-electron chi connectivity index (χ2n) is 8.17. The standard InChI is InChI=1S/C29H24N4/c1-20-7-11-23(12-8-20)27-30-28(24-13-9-21(2)10-14-24)32-29(31-27)25-17-15-22(16-18-25)26-6-4-5-19-33(26)3/h4-19H,3H2,1-2H3. The number of nitrogens with zero attached hydrogens (tertiary/aromatic N) is 4. The van der Waals surface area contributed by atoms with Crippen molar-refractivity contribution in [2.24, 2.45) is 9.98 Å². The van der Waals surface area contributed by atoms with Crippen LogP contribution in [0.25, 0.3) is 11.1 Å². The number of hydrogen-bond acceptors (Lipinski definition) is 2. The molecule has 0 fully saturated rings. The lowest BCUT2D eigenvalue weighted by atomic mass is 10.1. The van der Waals surface area contributed by atoms with E-state index in [1.54, 1.807) is 0 Å². The number of benzene rings is 3. The Kier molecular flexibility index (Phi) is 5.41. The first-order chi connectivity index (χ1) is 16.1. The van der Waals surface area contributed by atoms with E-state index >= 15 is 0 Å². The summed E-state index contributed by atoms with van der Waals surface area (Å²) in [6.07, 6.45) is 1.94. The molecule has 0 radical (unpaired) electrons. The predicted molar refractivity (Wildman–Crippen MR) is 133 cm³/mol. The lowest BCUT2D eigenvalue weighted by Gasteiger charge is -2.26. The van der Waals surface area contributed by atoms with Gasteiger partial charge in [-0.3, -0.25) is 0 Å². The van der Waals surface area contributed by atoms with Crippen LogP contribution in [-0.2, 0) is 0 Å². The maximum atomic E-state index is 4.83. The zero-order valence-corrected chi connectivity index (χ0v) is 18.7. The van der Waals surface area contributed by atoms with Crippen LogP contribution in [0.4, 0.5) is 0 Å². The smallest absolute Gasteiger partial charge is 0.217 e. The second-order valence-corrected chi connectivity index (χ2v) is 8.17. The molecule has 4 nitrogen and oxygen atoms in total. The Labute approximate surface area is 193 Å². The van der Waals surface area contributed by atoms with Crippen molar-refractivity contribution < 1.29 is 4.24 Å². The third-order valence-corrected chi connectivity index (χ3v) is 5.63. The maximum Gasteiger partial charge on any atom is 0.217 e. The van der Waals surface area contributed by atoms with E-state index in [0.717, 1.165) is 26.9 Å². The molecular weight excluding hydrogens is 404 g/mol. The molecule has 0 spiro atoms. The van der Waals surface area contributed by atoms with Crippen molar-refractivity contribution in [1.29, 1.82) is 0 Å². The van der Waals surface area contributed by atoms with Crippen LogP contribution in [0.5, 0.6) is 0 Å². The summed E-state index contributed by atoms with van der Waals surface area (Å²) in [7, 11) is 0. The zero-order valence-electron chi connectivity index (χ0n) is 18.7. The van der Waals surface area contributed by atoms with Gasteiger partial charge >= 0.3 is 0 Å². The molecule has 0 atom stereocenters. The van der Waals surface area contributed by atoms with Gasteiger partial charge in [-0.15, -0.1) is 0 Å². The summed E-state index contributed by atoms with van der Waals surface area (Å²) in [5, 5.41) is 7.89. The van der Waals surface area contributed by atoms with E-state index in [-0.39, 0.29) is 0 Å². The second kappa shape index (κ2) is 8.67. The number of aromatic nitrogens is 1. The Morgan fingerprint density at radius 2 is 1.27 bits per heavy atom. The van der Waals surface area contributed by atoms with Crippen LogP contribution >= 0.6 is 0 Å². The van der Waals surface area contributed by atoms with Crippen LogP contribution < -0.4 is 9.46 Å². The van der Waals surface area contributed by atoms with Crippen molar-refractivity contribution in [3.8, 4) is 0 Å². The Morgan fingerprint density at radius 1 is 0.667 bits per heavy atom. The largest absolute Gasteiger partial charge is 0.357 e. The van der Waals surface area contributed by atoms with Crippen molar-refractivity contribution in [3.63, 3.8) is 0 Å². The minimum atomic E-state index is 0.651. The SMILES string of the molecule is C=[n+]1ccccc1=c1ccc(=C2N=C(c3ccc(C)cc3)N=C(c3ccc(C)cc3)[N-]2)cc1. The fourth-order valence-corrected chi connectivity index (χ4v) is 3.70. The highest BCUT2D eigenvalue weighted by Gasteiger charge is 2.07. The first-order valence-corrected chi connectivity index (χ1v) is 10.9. The summed E-state index contributed by atoms with van der Waals surface area (Å²) < 4.78 is 1.86. The van der Waals surface area contributed by atoms with Gasteiger partial charge in [-0.1, -0.05) is 71.8 Å². The minimum Gasteiger partial charge on any atom is -0.357 e. The molecular formula is C29H24N4. The van der Waals surface area contributed by atoms with Gasteiger partial charge in [0.1, 0.15) is 6.72 Å².